The molecule has 0 aromatic carbocycles. The molecule has 16 heavy (non-hydrogen) atoms. The number of hydrogen-bond acceptors (Lipinski definition) is 1. The second-order valence-corrected chi connectivity index (χ2v) is 5.61. The second-order valence-electron chi connectivity index (χ2n) is 5.61. The van der Waals surface area contributed by atoms with Gasteiger partial charge in [0.25, 0.3) is 0 Å². The molecule has 0 saturated heterocycles. The molecule has 0 atom stereocenters. The Morgan fingerprint density at radius 2 is 1.31 bits per heavy atom. The van der Waals surface area contributed by atoms with Gasteiger partial charge in [0.1, 0.15) is 0 Å². The molecular weight excluding hydrogens is 194 g/mol. The lowest BCUT2D eigenvalue weighted by Crippen LogP contribution is -2.26. The van der Waals surface area contributed by atoms with Crippen LogP contribution < -0.4 is 0 Å². The van der Waals surface area contributed by atoms with E-state index in [9.17, 15) is 0 Å². The van der Waals surface area contributed by atoms with Crippen LogP contribution in [0.2, 0.25) is 0 Å². The van der Waals surface area contributed by atoms with Gasteiger partial charge in [-0.25, -0.2) is 0 Å². The van der Waals surface area contributed by atoms with Gasteiger partial charge in [0.2, 0.25) is 0 Å². The lowest BCUT2D eigenvalue weighted by molar-refractivity contribution is 0.174. The van der Waals surface area contributed by atoms with Crippen molar-refractivity contribution < 1.29 is 0 Å². The van der Waals surface area contributed by atoms with Crippen LogP contribution in [0.4, 0.5) is 0 Å². The molecule has 0 saturated carbocycles. The molecule has 0 heterocycles. The van der Waals surface area contributed by atoms with Gasteiger partial charge < -0.3 is 4.90 Å². The summed E-state index contributed by atoms with van der Waals surface area (Å²) >= 11 is 0. The first-order valence-electron chi connectivity index (χ1n) is 7.25. The average molecular weight is 227 g/mol. The minimum atomic E-state index is 0.635. The van der Waals surface area contributed by atoms with Crippen LogP contribution in [0.1, 0.15) is 72.1 Å². The van der Waals surface area contributed by atoms with Crippen molar-refractivity contribution in [2.24, 2.45) is 5.41 Å². The molecule has 98 valence electrons. The molecular formula is C15H33N. The third kappa shape index (κ3) is 6.52. The number of unbranched alkanes of at least 4 members (excludes halogenated alkanes) is 2. The van der Waals surface area contributed by atoms with Crippen LogP contribution in [0.5, 0.6) is 0 Å². The summed E-state index contributed by atoms with van der Waals surface area (Å²) in [7, 11) is 4.39. The summed E-state index contributed by atoms with van der Waals surface area (Å²) in [4.78, 5) is 2.34. The fraction of sp³-hybridized carbons (Fsp3) is 1.00. The van der Waals surface area contributed by atoms with E-state index in [-0.39, 0.29) is 0 Å². The second kappa shape index (κ2) is 9.04. The number of rotatable bonds is 10. The molecule has 0 aromatic rings. The number of hydrogen-bond donors (Lipinski definition) is 0. The smallest absolute Gasteiger partial charge is 0.00195 e. The molecule has 0 amide bonds. The predicted molar refractivity (Wildman–Crippen MR) is 74.9 cm³/mol. The van der Waals surface area contributed by atoms with E-state index in [1.165, 1.54) is 57.9 Å². The quantitative estimate of drug-likeness (QED) is 0.522. The van der Waals surface area contributed by atoms with Crippen LogP contribution in [-0.4, -0.2) is 25.5 Å². The lowest BCUT2D eigenvalue weighted by atomic mass is 9.73. The van der Waals surface area contributed by atoms with Crippen molar-refractivity contribution in [3.8, 4) is 0 Å². The largest absolute Gasteiger partial charge is 0.309 e. The Kier molecular flexibility index (Phi) is 9.02. The predicted octanol–water partition coefficient (Wildman–Crippen LogP) is 4.71. The SMILES string of the molecule is CCCCC(CC)(CCCC)CCN(C)C. The van der Waals surface area contributed by atoms with Gasteiger partial charge in [-0.05, 0) is 45.3 Å². The maximum atomic E-state index is 2.39. The maximum absolute atomic E-state index is 2.39. The average Bonchev–Trinajstić information content (AvgIpc) is 2.29. The normalized spacial score (nSPS) is 12.4. The Balaban J connectivity index is 4.27. The van der Waals surface area contributed by atoms with Crippen molar-refractivity contribution in [3.05, 3.63) is 0 Å². The minimum absolute atomic E-state index is 0.635. The fourth-order valence-electron chi connectivity index (χ4n) is 2.47. The number of nitrogens with zero attached hydrogens (tertiary/aromatic N) is 1. The van der Waals surface area contributed by atoms with E-state index in [4.69, 9.17) is 0 Å². The summed E-state index contributed by atoms with van der Waals surface area (Å²) in [5.41, 5.74) is 0.635. The molecule has 1 nitrogen and oxygen atoms in total. The lowest BCUT2D eigenvalue weighted by Gasteiger charge is -2.34. The Bertz CT molecular complexity index is 144. The molecule has 0 aromatic heterocycles. The third-order valence-electron chi connectivity index (χ3n) is 3.96. The minimum Gasteiger partial charge on any atom is -0.309 e. The molecule has 0 rings (SSSR count). The van der Waals surface area contributed by atoms with Gasteiger partial charge in [0.15, 0.2) is 0 Å². The molecule has 0 unspecified atom stereocenters. The van der Waals surface area contributed by atoms with Crippen LogP contribution in [0, 0.1) is 5.41 Å². The molecule has 0 radical (unpaired) electrons. The highest BCUT2D eigenvalue weighted by Crippen LogP contribution is 2.38. The van der Waals surface area contributed by atoms with Gasteiger partial charge in [-0.15, -0.1) is 0 Å². The van der Waals surface area contributed by atoms with Gasteiger partial charge in [-0.1, -0.05) is 52.9 Å². The monoisotopic (exact) mass is 227 g/mol. The Hall–Kier alpha value is -0.0400. The van der Waals surface area contributed by atoms with E-state index in [1.807, 2.05) is 0 Å². The molecule has 0 aliphatic heterocycles. The summed E-state index contributed by atoms with van der Waals surface area (Å²) in [5, 5.41) is 0. The van der Waals surface area contributed by atoms with Crippen LogP contribution in [-0.2, 0) is 0 Å². The van der Waals surface area contributed by atoms with E-state index in [2.05, 4.69) is 39.8 Å². The van der Waals surface area contributed by atoms with Crippen LogP contribution in [0.15, 0.2) is 0 Å². The molecule has 0 N–H and O–H groups in total. The molecule has 0 spiro atoms. The molecule has 0 aliphatic rings. The highest BCUT2D eigenvalue weighted by Gasteiger charge is 2.26. The topological polar surface area (TPSA) is 3.24 Å². The van der Waals surface area contributed by atoms with Crippen molar-refractivity contribution >= 4 is 0 Å². The highest BCUT2D eigenvalue weighted by molar-refractivity contribution is 4.78. The van der Waals surface area contributed by atoms with E-state index in [1.54, 1.807) is 0 Å². The Labute approximate surface area is 104 Å². The van der Waals surface area contributed by atoms with Crippen molar-refractivity contribution in [2.75, 3.05) is 20.6 Å². The zero-order chi connectivity index (χ0) is 12.4. The van der Waals surface area contributed by atoms with Crippen LogP contribution in [0.3, 0.4) is 0 Å². The molecule has 0 aliphatic carbocycles. The van der Waals surface area contributed by atoms with Gasteiger partial charge in [0, 0.05) is 0 Å². The van der Waals surface area contributed by atoms with E-state index in [0.29, 0.717) is 5.41 Å². The third-order valence-corrected chi connectivity index (χ3v) is 3.96. The molecule has 1 heteroatoms. The van der Waals surface area contributed by atoms with Crippen molar-refractivity contribution in [1.29, 1.82) is 0 Å². The van der Waals surface area contributed by atoms with E-state index < -0.39 is 0 Å². The first kappa shape index (κ1) is 16.0. The van der Waals surface area contributed by atoms with Gasteiger partial charge >= 0.3 is 0 Å². The summed E-state index contributed by atoms with van der Waals surface area (Å²) in [6, 6.07) is 0. The van der Waals surface area contributed by atoms with Crippen LogP contribution >= 0.6 is 0 Å². The van der Waals surface area contributed by atoms with E-state index in [0.717, 1.165) is 0 Å². The highest BCUT2D eigenvalue weighted by atomic mass is 15.0. The first-order chi connectivity index (χ1) is 7.60. The first-order valence-corrected chi connectivity index (χ1v) is 7.25. The summed E-state index contributed by atoms with van der Waals surface area (Å²) in [6.07, 6.45) is 11.1. The molecule has 0 fully saturated rings. The fourth-order valence-corrected chi connectivity index (χ4v) is 2.47. The van der Waals surface area contributed by atoms with Gasteiger partial charge in [0.05, 0.1) is 0 Å². The van der Waals surface area contributed by atoms with E-state index >= 15 is 0 Å². The summed E-state index contributed by atoms with van der Waals surface area (Å²) in [5.74, 6) is 0. The standard InChI is InChI=1S/C15H33N/c1-6-9-11-15(8-3,12-10-7-2)13-14-16(4)5/h6-14H2,1-5H3. The maximum Gasteiger partial charge on any atom is -0.00195 e. The Morgan fingerprint density at radius 3 is 1.62 bits per heavy atom. The van der Waals surface area contributed by atoms with Gasteiger partial charge in [-0.2, -0.15) is 0 Å². The van der Waals surface area contributed by atoms with Crippen molar-refractivity contribution in [1.82, 2.24) is 4.90 Å². The van der Waals surface area contributed by atoms with Crippen LogP contribution in [0.25, 0.3) is 0 Å². The van der Waals surface area contributed by atoms with Gasteiger partial charge in [-0.3, -0.25) is 0 Å². The molecule has 0 bridgehead atoms. The van der Waals surface area contributed by atoms with Crippen molar-refractivity contribution in [3.63, 3.8) is 0 Å². The zero-order valence-corrected chi connectivity index (χ0v) is 12.3. The summed E-state index contributed by atoms with van der Waals surface area (Å²) < 4.78 is 0. The summed E-state index contributed by atoms with van der Waals surface area (Å²) in [6.45, 7) is 8.26. The Morgan fingerprint density at radius 1 is 0.812 bits per heavy atom. The van der Waals surface area contributed by atoms with Crippen molar-refractivity contribution in [2.45, 2.75) is 72.1 Å². The zero-order valence-electron chi connectivity index (χ0n) is 12.3.